The normalized spacial score (nSPS) is 15.6. The molecule has 150 valence electrons. The highest BCUT2D eigenvalue weighted by molar-refractivity contribution is 7.89. The van der Waals surface area contributed by atoms with Crippen molar-refractivity contribution in [2.24, 2.45) is 5.10 Å². The summed E-state index contributed by atoms with van der Waals surface area (Å²) in [6, 6.07) is 16.6. The average molecular weight is 429 g/mol. The van der Waals surface area contributed by atoms with Crippen molar-refractivity contribution in [1.29, 1.82) is 0 Å². The first kappa shape index (κ1) is 19.7. The summed E-state index contributed by atoms with van der Waals surface area (Å²) in [4.78, 5) is 4.79. The first-order chi connectivity index (χ1) is 14.1. The van der Waals surface area contributed by atoms with Crippen LogP contribution in [-0.2, 0) is 14.8 Å². The van der Waals surface area contributed by atoms with E-state index in [4.69, 9.17) is 4.74 Å². The molecule has 1 aromatic heterocycles. The summed E-state index contributed by atoms with van der Waals surface area (Å²) in [5.74, 6) is 0. The fourth-order valence-electron chi connectivity index (χ4n) is 2.89. The van der Waals surface area contributed by atoms with Crippen LogP contribution in [0, 0.1) is 0 Å². The molecule has 0 amide bonds. The zero-order valence-electron chi connectivity index (χ0n) is 15.6. The van der Waals surface area contributed by atoms with Gasteiger partial charge in [-0.15, -0.1) is 11.3 Å². The van der Waals surface area contributed by atoms with Crippen LogP contribution in [0.3, 0.4) is 0 Å². The monoisotopic (exact) mass is 428 g/mol. The number of hydrazone groups is 1. The standard InChI is InChI=1S/C20H20N4O3S2/c25-29(26,24-10-12-27-13-11-24)18-8-6-17(7-9-18)19-15-28-20(22-19)23-21-14-16-4-2-1-3-5-16/h1-9,14-15H,10-13H2,(H,22,23)/b21-14+. The number of anilines is 1. The number of nitrogens with one attached hydrogen (secondary N) is 1. The molecule has 29 heavy (non-hydrogen) atoms. The fourth-order valence-corrected chi connectivity index (χ4v) is 4.97. The third-order valence-electron chi connectivity index (χ3n) is 4.44. The first-order valence-electron chi connectivity index (χ1n) is 9.11. The fraction of sp³-hybridized carbons (Fsp3) is 0.200. The molecule has 1 saturated heterocycles. The Morgan fingerprint density at radius 1 is 1.07 bits per heavy atom. The molecule has 9 heteroatoms. The minimum Gasteiger partial charge on any atom is -0.379 e. The van der Waals surface area contributed by atoms with Gasteiger partial charge < -0.3 is 4.74 Å². The third kappa shape index (κ3) is 4.70. The molecule has 0 atom stereocenters. The van der Waals surface area contributed by atoms with Gasteiger partial charge in [0.15, 0.2) is 0 Å². The van der Waals surface area contributed by atoms with Crippen LogP contribution in [0.5, 0.6) is 0 Å². The molecule has 0 unspecified atom stereocenters. The molecule has 1 aliphatic heterocycles. The third-order valence-corrected chi connectivity index (χ3v) is 7.10. The number of morpholine rings is 1. The number of hydrogen-bond acceptors (Lipinski definition) is 7. The number of thiazole rings is 1. The molecule has 1 fully saturated rings. The van der Waals surface area contributed by atoms with Gasteiger partial charge in [0, 0.05) is 24.0 Å². The van der Waals surface area contributed by atoms with E-state index in [1.54, 1.807) is 30.5 Å². The maximum atomic E-state index is 12.7. The van der Waals surface area contributed by atoms with Crippen LogP contribution in [0.15, 0.2) is 70.0 Å². The highest BCUT2D eigenvalue weighted by atomic mass is 32.2. The summed E-state index contributed by atoms with van der Waals surface area (Å²) in [5.41, 5.74) is 5.53. The molecule has 0 radical (unpaired) electrons. The van der Waals surface area contributed by atoms with Crippen LogP contribution >= 0.6 is 11.3 Å². The van der Waals surface area contributed by atoms with Gasteiger partial charge >= 0.3 is 0 Å². The number of benzene rings is 2. The van der Waals surface area contributed by atoms with Crippen LogP contribution in [0.1, 0.15) is 5.56 Å². The van der Waals surface area contributed by atoms with E-state index < -0.39 is 10.0 Å². The maximum absolute atomic E-state index is 12.7. The quantitative estimate of drug-likeness (QED) is 0.481. The number of hydrogen-bond donors (Lipinski definition) is 1. The van der Waals surface area contributed by atoms with E-state index in [1.165, 1.54) is 15.6 Å². The molecule has 2 aromatic carbocycles. The molecule has 0 aliphatic carbocycles. The topological polar surface area (TPSA) is 83.9 Å². The number of nitrogens with zero attached hydrogens (tertiary/aromatic N) is 3. The second kappa shape index (κ2) is 8.83. The van der Waals surface area contributed by atoms with E-state index in [-0.39, 0.29) is 4.90 Å². The molecule has 0 bridgehead atoms. The molecule has 0 saturated carbocycles. The van der Waals surface area contributed by atoms with E-state index >= 15 is 0 Å². The van der Waals surface area contributed by atoms with Gasteiger partial charge in [-0.25, -0.2) is 13.4 Å². The zero-order chi connectivity index (χ0) is 20.1. The van der Waals surface area contributed by atoms with Gasteiger partial charge in [-0.2, -0.15) is 9.41 Å². The lowest BCUT2D eigenvalue weighted by Crippen LogP contribution is -2.40. The van der Waals surface area contributed by atoms with Crippen molar-refractivity contribution in [3.63, 3.8) is 0 Å². The highest BCUT2D eigenvalue weighted by Crippen LogP contribution is 2.27. The predicted molar refractivity (Wildman–Crippen MR) is 115 cm³/mol. The van der Waals surface area contributed by atoms with Gasteiger partial charge in [-0.1, -0.05) is 42.5 Å². The largest absolute Gasteiger partial charge is 0.379 e. The maximum Gasteiger partial charge on any atom is 0.243 e. The smallest absolute Gasteiger partial charge is 0.243 e. The van der Waals surface area contributed by atoms with Crippen molar-refractivity contribution in [3.05, 3.63) is 65.5 Å². The lowest BCUT2D eigenvalue weighted by Gasteiger charge is -2.26. The number of aromatic nitrogens is 1. The number of rotatable bonds is 6. The van der Waals surface area contributed by atoms with E-state index in [1.807, 2.05) is 35.7 Å². The second-order valence-electron chi connectivity index (χ2n) is 6.36. The Hall–Kier alpha value is -2.59. The molecule has 7 nitrogen and oxygen atoms in total. The van der Waals surface area contributed by atoms with Crippen molar-refractivity contribution >= 4 is 32.7 Å². The van der Waals surface area contributed by atoms with Crippen LogP contribution in [0.25, 0.3) is 11.3 Å². The van der Waals surface area contributed by atoms with Gasteiger partial charge in [-0.05, 0) is 17.7 Å². The Morgan fingerprint density at radius 3 is 2.52 bits per heavy atom. The van der Waals surface area contributed by atoms with Gasteiger partial charge in [0.25, 0.3) is 0 Å². The van der Waals surface area contributed by atoms with E-state index in [0.717, 1.165) is 16.8 Å². The Morgan fingerprint density at radius 2 is 1.79 bits per heavy atom. The summed E-state index contributed by atoms with van der Waals surface area (Å²) < 4.78 is 32.1. The minimum atomic E-state index is -3.49. The van der Waals surface area contributed by atoms with Gasteiger partial charge in [0.2, 0.25) is 15.2 Å². The van der Waals surface area contributed by atoms with Gasteiger partial charge in [0.05, 0.1) is 30.0 Å². The first-order valence-corrected chi connectivity index (χ1v) is 11.4. The molecule has 1 aliphatic rings. The summed E-state index contributed by atoms with van der Waals surface area (Å²) in [6.07, 6.45) is 1.73. The number of sulfonamides is 1. The molecule has 2 heterocycles. The lowest BCUT2D eigenvalue weighted by atomic mass is 10.2. The van der Waals surface area contributed by atoms with E-state index in [2.05, 4.69) is 15.5 Å². The predicted octanol–water partition coefficient (Wildman–Crippen LogP) is 3.28. The molecule has 3 aromatic rings. The zero-order valence-corrected chi connectivity index (χ0v) is 17.2. The van der Waals surface area contributed by atoms with Gasteiger partial charge in [0.1, 0.15) is 0 Å². The van der Waals surface area contributed by atoms with Crippen molar-refractivity contribution in [3.8, 4) is 11.3 Å². The molecular formula is C20H20N4O3S2. The second-order valence-corrected chi connectivity index (χ2v) is 9.16. The SMILES string of the molecule is O=S(=O)(c1ccc(-c2csc(N/N=C/c3ccccc3)n2)cc1)N1CCOCC1. The van der Waals surface area contributed by atoms with Crippen molar-refractivity contribution in [2.45, 2.75) is 4.90 Å². The summed E-state index contributed by atoms with van der Waals surface area (Å²) in [6.45, 7) is 1.63. The Balaban J connectivity index is 1.44. The Bertz CT molecular complexity index is 1070. The van der Waals surface area contributed by atoms with Crippen molar-refractivity contribution < 1.29 is 13.2 Å². The summed E-state index contributed by atoms with van der Waals surface area (Å²) >= 11 is 1.44. The molecule has 4 rings (SSSR count). The van der Waals surface area contributed by atoms with Crippen molar-refractivity contribution in [2.75, 3.05) is 31.7 Å². The molecular weight excluding hydrogens is 408 g/mol. The minimum absolute atomic E-state index is 0.282. The van der Waals surface area contributed by atoms with E-state index in [0.29, 0.717) is 31.4 Å². The average Bonchev–Trinajstić information content (AvgIpc) is 3.24. The highest BCUT2D eigenvalue weighted by Gasteiger charge is 2.26. The van der Waals surface area contributed by atoms with E-state index in [9.17, 15) is 8.42 Å². The van der Waals surface area contributed by atoms with Crippen LogP contribution < -0.4 is 5.43 Å². The molecule has 0 spiro atoms. The summed E-state index contributed by atoms with van der Waals surface area (Å²) in [5, 5.41) is 6.77. The lowest BCUT2D eigenvalue weighted by molar-refractivity contribution is 0.0730. The van der Waals surface area contributed by atoms with Gasteiger partial charge in [-0.3, -0.25) is 5.43 Å². The Labute approximate surface area is 173 Å². The van der Waals surface area contributed by atoms with Crippen molar-refractivity contribution in [1.82, 2.24) is 9.29 Å². The molecule has 1 N–H and O–H groups in total. The Kier molecular flexibility index (Phi) is 6.00. The van der Waals surface area contributed by atoms with Crippen LogP contribution in [0.4, 0.5) is 5.13 Å². The summed E-state index contributed by atoms with van der Waals surface area (Å²) in [7, 11) is -3.49. The number of ether oxygens (including phenoxy) is 1. The van der Waals surface area contributed by atoms with Crippen LogP contribution in [0.2, 0.25) is 0 Å². The van der Waals surface area contributed by atoms with Crippen LogP contribution in [-0.4, -0.2) is 50.2 Å².